The lowest BCUT2D eigenvalue weighted by Crippen LogP contribution is -2.27. The second-order valence-corrected chi connectivity index (χ2v) is 5.57. The molecule has 0 aromatic heterocycles. The molecule has 18 heavy (non-hydrogen) atoms. The van der Waals surface area contributed by atoms with Crippen molar-refractivity contribution in [2.75, 3.05) is 13.7 Å². The first-order valence-corrected chi connectivity index (χ1v) is 7.31. The van der Waals surface area contributed by atoms with Crippen molar-refractivity contribution in [1.82, 2.24) is 5.32 Å². The number of benzene rings is 1. The molecule has 0 bridgehead atoms. The maximum atomic E-state index is 5.62. The predicted molar refractivity (Wildman–Crippen MR) is 74.2 cm³/mol. The van der Waals surface area contributed by atoms with E-state index < -0.39 is 0 Å². The van der Waals surface area contributed by atoms with Gasteiger partial charge in [-0.1, -0.05) is 12.5 Å². The maximum Gasteiger partial charge on any atom is 0.123 e. The van der Waals surface area contributed by atoms with Gasteiger partial charge in [-0.25, -0.2) is 0 Å². The van der Waals surface area contributed by atoms with Crippen LogP contribution in [0.2, 0.25) is 0 Å². The molecule has 1 aliphatic carbocycles. The van der Waals surface area contributed by atoms with E-state index in [0.29, 0.717) is 6.04 Å². The Morgan fingerprint density at radius 3 is 2.50 bits per heavy atom. The lowest BCUT2D eigenvalue weighted by Gasteiger charge is -2.27. The summed E-state index contributed by atoms with van der Waals surface area (Å²) in [7, 11) is 1.80. The smallest absolute Gasteiger partial charge is 0.123 e. The molecule has 1 fully saturated rings. The lowest BCUT2D eigenvalue weighted by molar-refractivity contribution is 0.372. The monoisotopic (exact) mass is 245 g/mol. The van der Waals surface area contributed by atoms with E-state index in [1.54, 1.807) is 12.7 Å². The van der Waals surface area contributed by atoms with Crippen LogP contribution in [0.5, 0.6) is 5.75 Å². The van der Waals surface area contributed by atoms with Gasteiger partial charge in [0, 0.05) is 11.6 Å². The number of nitrogens with one attached hydrogen (secondary N) is 1. The van der Waals surface area contributed by atoms with E-state index in [0.717, 1.165) is 12.3 Å². The molecule has 2 heteroatoms. The van der Waals surface area contributed by atoms with Crippen LogP contribution in [0.3, 0.4) is 0 Å². The predicted octanol–water partition coefficient (Wildman–Crippen LogP) is 3.39. The Kier molecular flexibility index (Phi) is 3.55. The van der Waals surface area contributed by atoms with Gasteiger partial charge in [0.25, 0.3) is 0 Å². The Morgan fingerprint density at radius 1 is 1.06 bits per heavy atom. The fourth-order valence-electron chi connectivity index (χ4n) is 3.35. The van der Waals surface area contributed by atoms with Crippen LogP contribution in [0.1, 0.15) is 54.8 Å². The Bertz CT molecular complexity index is 421. The first kappa shape index (κ1) is 12.0. The summed E-state index contributed by atoms with van der Waals surface area (Å²) in [4.78, 5) is 0. The third kappa shape index (κ3) is 2.26. The molecule has 2 nitrogen and oxygen atoms in total. The molecule has 1 aromatic rings. The number of methoxy groups -OCH3 is 1. The molecule has 98 valence electrons. The summed E-state index contributed by atoms with van der Waals surface area (Å²) < 4.78 is 5.62. The van der Waals surface area contributed by atoms with Crippen molar-refractivity contribution < 1.29 is 4.74 Å². The molecule has 2 aliphatic rings. The molecule has 0 spiro atoms. The van der Waals surface area contributed by atoms with E-state index in [2.05, 4.69) is 17.4 Å². The quantitative estimate of drug-likeness (QED) is 0.862. The van der Waals surface area contributed by atoms with Gasteiger partial charge in [-0.2, -0.15) is 0 Å². The Balaban J connectivity index is 1.95. The molecule has 1 atom stereocenters. The fraction of sp³-hybridized carbons (Fsp3) is 0.625. The average molecular weight is 245 g/mol. The van der Waals surface area contributed by atoms with Crippen LogP contribution in [0.4, 0.5) is 0 Å². The zero-order valence-corrected chi connectivity index (χ0v) is 11.3. The molecule has 1 heterocycles. The summed E-state index contributed by atoms with van der Waals surface area (Å²) >= 11 is 0. The maximum absolute atomic E-state index is 5.62. The number of piperidine rings is 1. The van der Waals surface area contributed by atoms with Crippen LogP contribution in [0.15, 0.2) is 12.1 Å². The molecule has 1 unspecified atom stereocenters. The van der Waals surface area contributed by atoms with Crippen molar-refractivity contribution in [3.05, 3.63) is 28.8 Å². The van der Waals surface area contributed by atoms with Crippen LogP contribution in [-0.2, 0) is 12.8 Å². The number of fused-ring (bicyclic) bond motifs is 1. The van der Waals surface area contributed by atoms with Gasteiger partial charge in [-0.05, 0) is 62.3 Å². The highest BCUT2D eigenvalue weighted by Crippen LogP contribution is 2.35. The summed E-state index contributed by atoms with van der Waals surface area (Å²) in [6.45, 7) is 1.14. The van der Waals surface area contributed by atoms with Crippen LogP contribution < -0.4 is 10.1 Å². The molecule has 1 aromatic carbocycles. The van der Waals surface area contributed by atoms with Crippen LogP contribution in [0.25, 0.3) is 0 Å². The molecule has 1 saturated heterocycles. The third-order valence-electron chi connectivity index (χ3n) is 4.38. The molecular formula is C16H23NO. The normalized spacial score (nSPS) is 23.5. The van der Waals surface area contributed by atoms with E-state index in [1.807, 2.05) is 0 Å². The van der Waals surface area contributed by atoms with Gasteiger partial charge in [0.1, 0.15) is 5.75 Å². The van der Waals surface area contributed by atoms with E-state index >= 15 is 0 Å². The summed E-state index contributed by atoms with van der Waals surface area (Å²) in [5, 5.41) is 3.64. The van der Waals surface area contributed by atoms with E-state index in [4.69, 9.17) is 4.74 Å². The fourth-order valence-corrected chi connectivity index (χ4v) is 3.35. The first-order valence-electron chi connectivity index (χ1n) is 7.31. The number of aryl methyl sites for hydroxylation is 2. The van der Waals surface area contributed by atoms with Crippen molar-refractivity contribution in [3.8, 4) is 5.75 Å². The van der Waals surface area contributed by atoms with Crippen molar-refractivity contribution in [3.63, 3.8) is 0 Å². The third-order valence-corrected chi connectivity index (χ3v) is 4.38. The highest BCUT2D eigenvalue weighted by atomic mass is 16.5. The van der Waals surface area contributed by atoms with Gasteiger partial charge in [0.15, 0.2) is 0 Å². The Labute approximate surface area is 110 Å². The van der Waals surface area contributed by atoms with Crippen LogP contribution in [-0.4, -0.2) is 13.7 Å². The molecule has 1 N–H and O–H groups in total. The zero-order chi connectivity index (χ0) is 12.4. The van der Waals surface area contributed by atoms with E-state index in [9.17, 15) is 0 Å². The Hall–Kier alpha value is -1.02. The summed E-state index contributed by atoms with van der Waals surface area (Å²) in [6.07, 6.45) is 9.04. The van der Waals surface area contributed by atoms with Gasteiger partial charge in [-0.3, -0.25) is 0 Å². The van der Waals surface area contributed by atoms with E-state index in [1.165, 1.54) is 56.1 Å². The SMILES string of the molecule is COc1cc2c(cc1C1CCCCN1)CCCC2. The molecule has 0 radical (unpaired) electrons. The van der Waals surface area contributed by atoms with Crippen molar-refractivity contribution in [1.29, 1.82) is 0 Å². The van der Waals surface area contributed by atoms with Gasteiger partial charge >= 0.3 is 0 Å². The van der Waals surface area contributed by atoms with Crippen LogP contribution >= 0.6 is 0 Å². The highest BCUT2D eigenvalue weighted by molar-refractivity contribution is 5.45. The second-order valence-electron chi connectivity index (χ2n) is 5.57. The largest absolute Gasteiger partial charge is 0.496 e. The summed E-state index contributed by atoms with van der Waals surface area (Å²) in [5.74, 6) is 1.09. The van der Waals surface area contributed by atoms with Crippen molar-refractivity contribution >= 4 is 0 Å². The molecule has 3 rings (SSSR count). The topological polar surface area (TPSA) is 21.3 Å². The molecular weight excluding hydrogens is 222 g/mol. The minimum Gasteiger partial charge on any atom is -0.496 e. The van der Waals surface area contributed by atoms with Crippen molar-refractivity contribution in [2.45, 2.75) is 51.0 Å². The van der Waals surface area contributed by atoms with Crippen LogP contribution in [0, 0.1) is 0 Å². The van der Waals surface area contributed by atoms with Gasteiger partial charge < -0.3 is 10.1 Å². The van der Waals surface area contributed by atoms with Crippen molar-refractivity contribution in [2.24, 2.45) is 0 Å². The minimum absolute atomic E-state index is 0.501. The zero-order valence-electron chi connectivity index (χ0n) is 11.3. The van der Waals surface area contributed by atoms with Gasteiger partial charge in [0.05, 0.1) is 7.11 Å². The molecule has 1 aliphatic heterocycles. The number of hydrogen-bond donors (Lipinski definition) is 1. The second kappa shape index (κ2) is 5.31. The van der Waals surface area contributed by atoms with Gasteiger partial charge in [-0.15, -0.1) is 0 Å². The Morgan fingerprint density at radius 2 is 1.83 bits per heavy atom. The number of hydrogen-bond acceptors (Lipinski definition) is 2. The summed E-state index contributed by atoms with van der Waals surface area (Å²) in [5.41, 5.74) is 4.46. The number of rotatable bonds is 2. The van der Waals surface area contributed by atoms with E-state index in [-0.39, 0.29) is 0 Å². The lowest BCUT2D eigenvalue weighted by atomic mass is 9.87. The van der Waals surface area contributed by atoms with Gasteiger partial charge in [0.2, 0.25) is 0 Å². The summed E-state index contributed by atoms with van der Waals surface area (Å²) in [6, 6.07) is 5.21. The average Bonchev–Trinajstić information content (AvgIpc) is 2.46. The first-order chi connectivity index (χ1) is 8.88. The molecule has 0 saturated carbocycles. The standard InChI is InChI=1S/C16H23NO/c1-18-16-11-13-7-3-2-6-12(13)10-14(16)15-8-4-5-9-17-15/h10-11,15,17H,2-9H2,1H3. The number of ether oxygens (including phenoxy) is 1. The molecule has 0 amide bonds. The minimum atomic E-state index is 0.501. The highest BCUT2D eigenvalue weighted by Gasteiger charge is 2.21.